The highest BCUT2D eigenvalue weighted by Gasteiger charge is 2.47. The van der Waals surface area contributed by atoms with Crippen molar-refractivity contribution in [3.63, 3.8) is 0 Å². The molecule has 0 radical (unpaired) electrons. The standard InChI is InChI=1S/2C29H35N5O3.C27H36N6O5.C26H35N7O5/c2*1-19(28(2,3)36)15-25(35)24-16-26(33-27(32-24)37-18-29(17-30)10-11-29)34-13-8-20(9-14-34)21-6-7-23-22(21)5-4-12-31-23;1-17-5-6-21(29-24(17)25(28)34)18-7-10-32(11-8-18)23-14-22(26(35)33-12-9-19(15-33)36-2)30-27(31-23)38-16-20-4-3-13-37-20;1-36-17-8-11-33(14-17)25(35)21-13-22(31-26(30-21)38-15-18-3-2-12-37-18)32-9-6-16(7-10-32)20-5-4-19(27)23(29-20)24(28)34/h2*4-6,12,16,19-20,36H,7-11,13-15,18H2,1-3H3;5-6,14,18-20H,3-4,7-13,15-16H2,1-2H3,(H2,28,34);4-5,13,16-18H,2-3,6-12,14-15,27H2,1H3,(H2,28,34)/t;;19-,20-;17-,18+/m..10/s1. The van der Waals surface area contributed by atoms with Gasteiger partial charge in [-0.15, -0.1) is 0 Å². The molecule has 8 N–H and O–H groups in total. The number of piperidine rings is 4. The van der Waals surface area contributed by atoms with E-state index in [1.807, 2.05) is 63.5 Å². The number of aliphatic hydroxyl groups is 2. The molecule has 16 heterocycles. The summed E-state index contributed by atoms with van der Waals surface area (Å²) in [5, 5.41) is 39.5. The highest BCUT2D eigenvalue weighted by molar-refractivity contribution is 5.98. The second-order valence-electron chi connectivity index (χ2n) is 43.1. The first-order chi connectivity index (χ1) is 72.2. The number of rotatable bonds is 34. The number of allylic oxidation sites excluding steroid dienone is 4. The predicted octanol–water partition coefficient (Wildman–Crippen LogP) is 12.2. The van der Waals surface area contributed by atoms with Crippen molar-refractivity contribution < 1.29 is 76.9 Å². The first-order valence-electron chi connectivity index (χ1n) is 53.1. The molecule has 796 valence electrons. The summed E-state index contributed by atoms with van der Waals surface area (Å²) in [7, 11) is 3.33. The van der Waals surface area contributed by atoms with Crippen LogP contribution in [0.5, 0.6) is 24.0 Å². The molecular weight excluding hydrogens is 1910 g/mol. The third-order valence-corrected chi connectivity index (χ3v) is 31.6. The Bertz CT molecular complexity index is 5950. The number of likely N-dealkylation sites (tertiary alicyclic amines) is 2. The van der Waals surface area contributed by atoms with Gasteiger partial charge in [-0.3, -0.25) is 38.7 Å². The number of pyridine rings is 4. The van der Waals surface area contributed by atoms with Gasteiger partial charge in [0.15, 0.2) is 17.3 Å². The molecule has 6 atom stereocenters. The molecule has 39 nitrogen and oxygen atoms in total. The Labute approximate surface area is 875 Å². The number of hydrogen-bond donors (Lipinski definition) is 5. The Hall–Kier alpha value is -13.4. The number of nitriles is 2. The fourth-order valence-corrected chi connectivity index (χ4v) is 20.7. The first kappa shape index (κ1) is 108. The zero-order valence-electron chi connectivity index (χ0n) is 87.6. The van der Waals surface area contributed by atoms with Crippen LogP contribution in [0.25, 0.3) is 11.1 Å². The van der Waals surface area contributed by atoms with Crippen LogP contribution in [0.4, 0.5) is 29.0 Å². The Balaban J connectivity index is 0.000000136. The van der Waals surface area contributed by atoms with Crippen molar-refractivity contribution in [1.29, 1.82) is 10.5 Å². The van der Waals surface area contributed by atoms with Gasteiger partial charge in [0.2, 0.25) is 0 Å². The summed E-state index contributed by atoms with van der Waals surface area (Å²) < 4.78 is 45.8. The molecule has 8 aliphatic heterocycles. The quantitative estimate of drug-likeness (QED) is 0.0234. The molecule has 4 amide bonds. The average Bonchev–Trinajstić information content (AvgIpc) is 1.50. The van der Waals surface area contributed by atoms with E-state index in [0.717, 1.165) is 209 Å². The van der Waals surface area contributed by atoms with Gasteiger partial charge in [-0.2, -0.15) is 50.4 Å². The minimum atomic E-state index is -0.971. The number of amides is 4. The second kappa shape index (κ2) is 47.8. The highest BCUT2D eigenvalue weighted by Crippen LogP contribution is 2.48. The first-order valence-corrected chi connectivity index (χ1v) is 53.1. The lowest BCUT2D eigenvalue weighted by Crippen LogP contribution is -2.35. The van der Waals surface area contributed by atoms with Gasteiger partial charge in [0, 0.05) is 192 Å². The molecule has 150 heavy (non-hydrogen) atoms. The van der Waals surface area contributed by atoms with Crippen LogP contribution in [0.2, 0.25) is 0 Å². The minimum Gasteiger partial charge on any atom is -0.462 e. The number of nitrogens with two attached hydrogens (primary N) is 3. The third kappa shape index (κ3) is 26.9. The third-order valence-electron chi connectivity index (χ3n) is 31.6. The number of anilines is 5. The number of nitrogens with zero attached hydrogens (tertiary/aromatic N) is 20. The Morgan fingerprint density at radius 2 is 0.827 bits per heavy atom. The molecule has 2 saturated carbocycles. The number of nitrogen functional groups attached to an aromatic ring is 1. The molecular formula is C111H141N23O16. The van der Waals surface area contributed by atoms with Crippen LogP contribution in [0.15, 0.2) is 97.3 Å². The molecule has 8 saturated heterocycles. The molecule has 10 fully saturated rings. The highest BCUT2D eigenvalue weighted by atomic mass is 16.6. The molecule has 39 heteroatoms. The molecule has 0 aromatic carbocycles. The van der Waals surface area contributed by atoms with Crippen molar-refractivity contribution in [2.24, 2.45) is 46.0 Å². The lowest BCUT2D eigenvalue weighted by atomic mass is 9.86. The Morgan fingerprint density at radius 1 is 0.467 bits per heavy atom. The number of aryl methyl sites for hydroxylation is 1. The molecule has 2 unspecified atom stereocenters. The predicted molar refractivity (Wildman–Crippen MR) is 559 cm³/mol. The minimum absolute atomic E-state index is 0.0101. The number of carbonyl (C=O) groups excluding carboxylic acids is 6. The molecule has 0 bridgehead atoms. The van der Waals surface area contributed by atoms with Crippen molar-refractivity contribution in [1.82, 2.24) is 69.6 Å². The maximum atomic E-state index is 13.3. The molecule has 4 aliphatic carbocycles. The van der Waals surface area contributed by atoms with E-state index in [0.29, 0.717) is 116 Å². The van der Waals surface area contributed by atoms with E-state index >= 15 is 0 Å². The summed E-state index contributed by atoms with van der Waals surface area (Å²) in [5.74, 6) is 1.75. The van der Waals surface area contributed by atoms with Gasteiger partial charge in [0.05, 0.1) is 75.7 Å². The number of Topliss-reactive ketones (excluding diaryl/α,β-unsaturated/α-hetero) is 2. The number of fused-ring (bicyclic) bond motifs is 2. The number of aromatic nitrogens is 12. The fourth-order valence-electron chi connectivity index (χ4n) is 20.7. The largest absolute Gasteiger partial charge is 0.462 e. The lowest BCUT2D eigenvalue weighted by Gasteiger charge is -2.34. The van der Waals surface area contributed by atoms with Gasteiger partial charge in [-0.05, 0) is 232 Å². The van der Waals surface area contributed by atoms with Gasteiger partial charge < -0.3 is 94.7 Å². The normalized spacial score (nSPS) is 20.9. The van der Waals surface area contributed by atoms with E-state index < -0.39 is 33.8 Å². The van der Waals surface area contributed by atoms with Crippen molar-refractivity contribution in [3.05, 3.63) is 171 Å². The molecule has 20 rings (SSSR count). The topological polar surface area (TPSA) is 516 Å². The van der Waals surface area contributed by atoms with Crippen LogP contribution >= 0.6 is 0 Å². The van der Waals surface area contributed by atoms with Crippen LogP contribution < -0.4 is 55.7 Å². The van der Waals surface area contributed by atoms with E-state index in [1.165, 1.54) is 22.3 Å². The number of hydrogen-bond acceptors (Lipinski definition) is 35. The van der Waals surface area contributed by atoms with E-state index in [4.69, 9.17) is 55.1 Å². The average molecular weight is 2050 g/mol. The number of primary amides is 2. The van der Waals surface area contributed by atoms with Crippen LogP contribution in [-0.4, -0.2) is 283 Å². The molecule has 8 aromatic rings. The SMILES string of the molecule is CC(CC(=O)c1cc(N2CCC(C3=CCc4ncccc43)CC2)nc(OCC2(C#N)CC2)n1)C(C)(C)O.CC(CC(=O)c1cc(N2CCC(C3=CCc4ncccc43)CC2)nc(OCC2(C#N)CC2)n1)C(C)(C)O.CO[C@@H]1CCN(C(=O)c2cc(N3CCC(c4ccc(C)c(C(N)=O)n4)CC3)nc(OC[C@H]3CCCO3)n2)C1.CO[C@H]1CCN(C(=O)c2cc(N3CCC(c4ccc(N)c(C(N)=O)n4)CC3)nc(OC[C@H]3CCCO3)n2)C1. The molecule has 8 aromatic heterocycles. The van der Waals surface area contributed by atoms with Gasteiger partial charge >= 0.3 is 24.0 Å². The van der Waals surface area contributed by atoms with Gasteiger partial charge in [-0.1, -0.05) is 44.2 Å². The van der Waals surface area contributed by atoms with Crippen LogP contribution in [0, 0.1) is 64.1 Å². The number of ketones is 2. The Kier molecular flexibility index (Phi) is 34.4. The van der Waals surface area contributed by atoms with Crippen molar-refractivity contribution >= 4 is 75.3 Å². The van der Waals surface area contributed by atoms with E-state index in [2.05, 4.69) is 116 Å². The second-order valence-corrected chi connectivity index (χ2v) is 43.1. The van der Waals surface area contributed by atoms with Crippen LogP contribution in [0.1, 0.15) is 284 Å². The van der Waals surface area contributed by atoms with Gasteiger partial charge in [0.25, 0.3) is 23.6 Å². The van der Waals surface area contributed by atoms with Crippen molar-refractivity contribution in [3.8, 4) is 36.2 Å². The Morgan fingerprint density at radius 3 is 1.17 bits per heavy atom. The summed E-state index contributed by atoms with van der Waals surface area (Å²) in [5.41, 5.74) is 26.0. The van der Waals surface area contributed by atoms with E-state index in [-0.39, 0.29) is 133 Å². The fraction of sp³-hybridized carbons (Fsp3) is 0.568. The number of ether oxygens (including phenoxy) is 8. The van der Waals surface area contributed by atoms with E-state index in [9.17, 15) is 49.5 Å². The van der Waals surface area contributed by atoms with Crippen molar-refractivity contribution in [2.75, 3.05) is 158 Å². The summed E-state index contributed by atoms with van der Waals surface area (Å²) in [6, 6.07) is 28.1. The van der Waals surface area contributed by atoms with E-state index in [1.54, 1.807) is 82.0 Å². The van der Waals surface area contributed by atoms with Crippen LogP contribution in [-0.2, 0) is 31.8 Å². The summed E-state index contributed by atoms with van der Waals surface area (Å²) in [6.07, 6.45) is 26.5. The molecule has 12 aliphatic rings. The van der Waals surface area contributed by atoms with Gasteiger partial charge in [-0.25, -0.2) is 9.97 Å². The smallest absolute Gasteiger partial charge is 0.319 e. The number of carbonyl (C=O) groups is 6. The zero-order valence-corrected chi connectivity index (χ0v) is 87.6. The lowest BCUT2D eigenvalue weighted by molar-refractivity contribution is 0.0211. The molecule has 0 spiro atoms. The van der Waals surface area contributed by atoms with Gasteiger partial charge in [0.1, 0.15) is 78.2 Å². The summed E-state index contributed by atoms with van der Waals surface area (Å²) in [6.45, 7) is 23.4. The van der Waals surface area contributed by atoms with Crippen molar-refractivity contribution in [2.45, 2.75) is 237 Å². The summed E-state index contributed by atoms with van der Waals surface area (Å²) in [4.78, 5) is 143. The zero-order chi connectivity index (χ0) is 106. The summed E-state index contributed by atoms with van der Waals surface area (Å²) >= 11 is 0. The monoisotopic (exact) mass is 2050 g/mol. The maximum absolute atomic E-state index is 13.3. The van der Waals surface area contributed by atoms with Crippen LogP contribution in [0.3, 0.4) is 0 Å². The maximum Gasteiger partial charge on any atom is 0.319 e. The number of methoxy groups -OCH3 is 2.